The lowest BCUT2D eigenvalue weighted by atomic mass is 10.1. The number of nitrogens with zero attached hydrogens (tertiary/aromatic N) is 1. The van der Waals surface area contributed by atoms with Crippen molar-refractivity contribution in [2.45, 2.75) is 43.8 Å². The Morgan fingerprint density at radius 3 is 2.19 bits per heavy atom. The predicted octanol–water partition coefficient (Wildman–Crippen LogP) is -3.83. The number of carboxylic acids is 1. The molecule has 32 heavy (non-hydrogen) atoms. The molecule has 0 saturated heterocycles. The van der Waals surface area contributed by atoms with Gasteiger partial charge in [-0.3, -0.25) is 24.2 Å². The number of primary amides is 1. The number of carbonyl (C=O) groups is 5. The summed E-state index contributed by atoms with van der Waals surface area (Å²) in [7, 11) is 0. The number of hydrogen-bond donors (Lipinski definition) is 8. The van der Waals surface area contributed by atoms with E-state index >= 15 is 0 Å². The molecule has 0 spiro atoms. The second kappa shape index (κ2) is 15.7. The zero-order chi connectivity index (χ0) is 24.7. The topological polar surface area (TPSA) is 258 Å². The highest BCUT2D eigenvalue weighted by Crippen LogP contribution is 2.02. The Morgan fingerprint density at radius 1 is 1.00 bits per heavy atom. The molecular weight excluding hydrogens is 444 g/mol. The van der Waals surface area contributed by atoms with Crippen LogP contribution in [-0.4, -0.2) is 83.9 Å². The first-order chi connectivity index (χ1) is 15.0. The molecule has 0 aromatic heterocycles. The van der Waals surface area contributed by atoms with E-state index < -0.39 is 60.7 Å². The zero-order valence-electron chi connectivity index (χ0n) is 17.8. The first-order valence-corrected chi connectivity index (χ1v) is 11.1. The van der Waals surface area contributed by atoms with Gasteiger partial charge in [0.25, 0.3) is 0 Å². The quantitative estimate of drug-likeness (QED) is 0.0611. The first-order valence-electron chi connectivity index (χ1n) is 9.66. The van der Waals surface area contributed by atoms with Gasteiger partial charge in [0.15, 0.2) is 5.96 Å². The zero-order valence-corrected chi connectivity index (χ0v) is 18.7. The third-order valence-electron chi connectivity index (χ3n) is 4.01. The van der Waals surface area contributed by atoms with Crippen LogP contribution in [0.1, 0.15) is 25.7 Å². The lowest BCUT2D eigenvalue weighted by molar-refractivity contribution is -0.143. The molecule has 0 aliphatic rings. The normalized spacial score (nSPS) is 13.2. The van der Waals surface area contributed by atoms with Crippen molar-refractivity contribution in [2.75, 3.05) is 25.1 Å². The molecule has 0 rings (SSSR count). The van der Waals surface area contributed by atoms with Gasteiger partial charge in [-0.2, -0.15) is 11.8 Å². The maximum atomic E-state index is 12.5. The van der Waals surface area contributed by atoms with Crippen molar-refractivity contribution < 1.29 is 29.1 Å². The van der Waals surface area contributed by atoms with Crippen LogP contribution in [0.5, 0.6) is 0 Å². The molecule has 12 N–H and O–H groups in total. The van der Waals surface area contributed by atoms with Crippen LogP contribution in [0.15, 0.2) is 4.99 Å². The van der Waals surface area contributed by atoms with E-state index in [0.29, 0.717) is 12.2 Å². The average molecular weight is 477 g/mol. The summed E-state index contributed by atoms with van der Waals surface area (Å²) in [5, 5.41) is 16.1. The Morgan fingerprint density at radius 2 is 1.66 bits per heavy atom. The van der Waals surface area contributed by atoms with Crippen molar-refractivity contribution in [3.05, 3.63) is 0 Å². The number of rotatable bonds is 16. The third kappa shape index (κ3) is 13.3. The predicted molar refractivity (Wildman–Crippen MR) is 119 cm³/mol. The Kier molecular flexibility index (Phi) is 14.2. The van der Waals surface area contributed by atoms with Gasteiger partial charge in [-0.15, -0.1) is 0 Å². The van der Waals surface area contributed by atoms with Crippen LogP contribution in [0.25, 0.3) is 0 Å². The van der Waals surface area contributed by atoms with Crippen LogP contribution < -0.4 is 38.9 Å². The number of carboxylic acid groups (broad SMARTS) is 1. The van der Waals surface area contributed by atoms with Gasteiger partial charge >= 0.3 is 5.97 Å². The molecule has 4 amide bonds. The van der Waals surface area contributed by atoms with Crippen molar-refractivity contribution in [2.24, 2.45) is 27.9 Å². The summed E-state index contributed by atoms with van der Waals surface area (Å²) < 4.78 is 0. The molecule has 182 valence electrons. The molecule has 3 atom stereocenters. The Labute approximate surface area is 189 Å². The van der Waals surface area contributed by atoms with Crippen LogP contribution in [0.4, 0.5) is 0 Å². The number of thioether (sulfide) groups is 1. The summed E-state index contributed by atoms with van der Waals surface area (Å²) in [5.74, 6) is -3.92. The van der Waals surface area contributed by atoms with Crippen LogP contribution in [0.2, 0.25) is 0 Å². The van der Waals surface area contributed by atoms with E-state index in [0.717, 1.165) is 0 Å². The molecule has 0 heterocycles. The lowest BCUT2D eigenvalue weighted by Gasteiger charge is -2.21. The fraction of sp³-hybridized carbons (Fsp3) is 0.647. The van der Waals surface area contributed by atoms with Gasteiger partial charge in [0, 0.05) is 6.54 Å². The molecule has 0 bridgehead atoms. The van der Waals surface area contributed by atoms with Crippen molar-refractivity contribution in [1.29, 1.82) is 0 Å². The fourth-order valence-corrected chi connectivity index (χ4v) is 2.86. The highest BCUT2D eigenvalue weighted by Gasteiger charge is 2.27. The molecule has 15 heteroatoms. The van der Waals surface area contributed by atoms with Crippen molar-refractivity contribution in [1.82, 2.24) is 16.0 Å². The van der Waals surface area contributed by atoms with Gasteiger partial charge in [-0.25, -0.2) is 4.79 Å². The summed E-state index contributed by atoms with van der Waals surface area (Å²) in [6.45, 7) is -0.278. The number of guanidine groups is 1. The van der Waals surface area contributed by atoms with E-state index in [1.165, 1.54) is 11.8 Å². The molecule has 0 aliphatic carbocycles. The van der Waals surface area contributed by atoms with Gasteiger partial charge in [-0.1, -0.05) is 0 Å². The minimum atomic E-state index is -1.56. The minimum Gasteiger partial charge on any atom is -0.480 e. The lowest BCUT2D eigenvalue weighted by Crippen LogP contribution is -2.54. The number of aliphatic carboxylic acids is 1. The highest BCUT2D eigenvalue weighted by atomic mass is 32.2. The molecule has 3 unspecified atom stereocenters. The highest BCUT2D eigenvalue weighted by molar-refractivity contribution is 7.98. The van der Waals surface area contributed by atoms with Crippen LogP contribution in [-0.2, 0) is 24.0 Å². The number of nitrogens with two attached hydrogens (primary N) is 4. The van der Waals surface area contributed by atoms with Gasteiger partial charge < -0.3 is 44.0 Å². The number of amides is 4. The standard InChI is InChI=1S/C17H32N8O6S/c1-32-6-4-9(18)14(28)23-8-13(27)24-10(3-2-5-22-17(20)21)15(29)25-11(16(30)31)7-12(19)26/h9-11H,2-8,18H2,1H3,(H2,19,26)(H,23,28)(H,24,27)(H,25,29)(H,30,31)(H4,20,21,22). The van der Waals surface area contributed by atoms with E-state index in [2.05, 4.69) is 20.9 Å². The van der Waals surface area contributed by atoms with Crippen LogP contribution in [0, 0.1) is 0 Å². The summed E-state index contributed by atoms with van der Waals surface area (Å²) in [5.41, 5.74) is 21.2. The number of hydrogen-bond acceptors (Lipinski definition) is 8. The van der Waals surface area contributed by atoms with Crippen LogP contribution >= 0.6 is 11.8 Å². The summed E-state index contributed by atoms with van der Waals surface area (Å²) in [6.07, 6.45) is 2.00. The van der Waals surface area contributed by atoms with Crippen LogP contribution in [0.3, 0.4) is 0 Å². The van der Waals surface area contributed by atoms with Crippen molar-refractivity contribution >= 4 is 47.3 Å². The maximum Gasteiger partial charge on any atom is 0.326 e. The van der Waals surface area contributed by atoms with E-state index in [1.807, 2.05) is 6.26 Å². The number of carbonyl (C=O) groups excluding carboxylic acids is 4. The van der Waals surface area contributed by atoms with E-state index in [4.69, 9.17) is 28.0 Å². The Hall–Kier alpha value is -3.07. The smallest absolute Gasteiger partial charge is 0.326 e. The first kappa shape index (κ1) is 28.9. The van der Waals surface area contributed by atoms with Gasteiger partial charge in [0.05, 0.1) is 19.0 Å². The van der Waals surface area contributed by atoms with E-state index in [9.17, 15) is 24.0 Å². The fourth-order valence-electron chi connectivity index (χ4n) is 2.37. The van der Waals surface area contributed by atoms with E-state index in [1.54, 1.807) is 0 Å². The summed E-state index contributed by atoms with van der Waals surface area (Å²) in [6, 6.07) is -3.52. The molecule has 0 aromatic carbocycles. The number of aliphatic imine (C=N–C) groups is 1. The molecule has 0 aromatic rings. The molecule has 0 fully saturated rings. The Bertz CT molecular complexity index is 701. The summed E-state index contributed by atoms with van der Waals surface area (Å²) in [4.78, 5) is 62.7. The second-order valence-corrected chi connectivity index (χ2v) is 7.73. The largest absolute Gasteiger partial charge is 0.480 e. The number of nitrogens with one attached hydrogen (secondary N) is 3. The minimum absolute atomic E-state index is 0.0540. The van der Waals surface area contributed by atoms with Crippen molar-refractivity contribution in [3.8, 4) is 0 Å². The molecule has 0 radical (unpaired) electrons. The molecular formula is C17H32N8O6S. The molecule has 0 saturated carbocycles. The van der Waals surface area contributed by atoms with Gasteiger partial charge in [0.1, 0.15) is 12.1 Å². The van der Waals surface area contributed by atoms with E-state index in [-0.39, 0.29) is 25.3 Å². The average Bonchev–Trinajstić information content (AvgIpc) is 2.70. The molecule has 14 nitrogen and oxygen atoms in total. The molecule has 0 aliphatic heterocycles. The second-order valence-electron chi connectivity index (χ2n) is 6.74. The SMILES string of the molecule is CSCCC(N)C(=O)NCC(=O)NC(CCCN=C(N)N)C(=O)NC(CC(N)=O)C(=O)O. The third-order valence-corrected chi connectivity index (χ3v) is 4.65. The Balaban J connectivity index is 5.03. The van der Waals surface area contributed by atoms with Gasteiger partial charge in [0.2, 0.25) is 23.6 Å². The van der Waals surface area contributed by atoms with Crippen molar-refractivity contribution in [3.63, 3.8) is 0 Å². The summed E-state index contributed by atoms with van der Waals surface area (Å²) >= 11 is 1.53. The van der Waals surface area contributed by atoms with Gasteiger partial charge in [-0.05, 0) is 31.3 Å². The monoisotopic (exact) mass is 476 g/mol. The maximum absolute atomic E-state index is 12.5.